The molecule has 1 rings (SSSR count). The molecule has 3 nitrogen and oxygen atoms in total. The van der Waals surface area contributed by atoms with Crippen molar-refractivity contribution in [1.82, 2.24) is 5.32 Å². The number of carbonyl (C=O) groups is 1. The number of ether oxygens (including phenoxy) is 1. The van der Waals surface area contributed by atoms with Crippen LogP contribution in [-0.2, 0) is 9.53 Å². The Morgan fingerprint density at radius 3 is 2.32 bits per heavy atom. The third kappa shape index (κ3) is 6.84. The highest BCUT2D eigenvalue weighted by Crippen LogP contribution is 2.37. The molecule has 1 N–H and O–H groups in total. The van der Waals surface area contributed by atoms with E-state index in [9.17, 15) is 4.79 Å². The minimum Gasteiger partial charge on any atom is -0.460 e. The smallest absolute Gasteiger partial charge is 0.303 e. The lowest BCUT2D eigenvalue weighted by Crippen LogP contribution is -2.34. The molecule has 0 heterocycles. The Labute approximate surface area is 139 Å². The van der Waals surface area contributed by atoms with E-state index >= 15 is 0 Å². The predicted octanol–water partition coefficient (Wildman–Crippen LogP) is 4.40. The van der Waals surface area contributed by atoms with Gasteiger partial charge < -0.3 is 10.1 Å². The van der Waals surface area contributed by atoms with E-state index in [0.29, 0.717) is 0 Å². The van der Waals surface area contributed by atoms with Crippen molar-refractivity contribution in [2.75, 3.05) is 12.8 Å². The van der Waals surface area contributed by atoms with Crippen molar-refractivity contribution < 1.29 is 9.53 Å². The molecule has 1 unspecified atom stereocenters. The molecule has 0 aromatic heterocycles. The van der Waals surface area contributed by atoms with Crippen molar-refractivity contribution in [3.63, 3.8) is 0 Å². The number of carbonyl (C=O) groups excluding carboxylic acids is 1. The Kier molecular flexibility index (Phi) is 6.95. The zero-order chi connectivity index (χ0) is 16.8. The van der Waals surface area contributed by atoms with Crippen molar-refractivity contribution in [3.8, 4) is 0 Å². The molecule has 1 aromatic rings. The van der Waals surface area contributed by atoms with Crippen LogP contribution in [0.1, 0.15) is 52.0 Å². The molecule has 0 fully saturated rings. The maximum absolute atomic E-state index is 11.2. The summed E-state index contributed by atoms with van der Waals surface area (Å²) in [4.78, 5) is 11.2. The Morgan fingerprint density at radius 1 is 1.23 bits per heavy atom. The molecule has 1 aromatic carbocycles. The zero-order valence-corrected chi connectivity index (χ0v) is 15.4. The lowest BCUT2D eigenvalue weighted by Gasteiger charge is -2.35. The molecule has 0 saturated carbocycles. The van der Waals surface area contributed by atoms with E-state index in [2.05, 4.69) is 43.4 Å². The van der Waals surface area contributed by atoms with Gasteiger partial charge in [0, 0.05) is 12.7 Å². The first-order valence-corrected chi connectivity index (χ1v) is 8.73. The van der Waals surface area contributed by atoms with Crippen LogP contribution in [0.5, 0.6) is 0 Å². The summed E-state index contributed by atoms with van der Waals surface area (Å²) in [6.45, 7) is 9.88. The molecule has 0 amide bonds. The largest absolute Gasteiger partial charge is 0.460 e. The average molecular weight is 324 g/mol. The first-order valence-electron chi connectivity index (χ1n) is 7.69. The van der Waals surface area contributed by atoms with Gasteiger partial charge in [-0.2, -0.15) is 0 Å². The number of nitrogens with one attached hydrogen (secondary N) is 1. The molecule has 4 heteroatoms. The fraction of sp³-hybridized carbons (Fsp3) is 0.611. The van der Waals surface area contributed by atoms with Crippen molar-refractivity contribution in [1.29, 1.82) is 0 Å². The molecule has 0 aliphatic rings. The SMILES string of the molecule is CNC(SCC(C)(C)CC(C)(C)OC(C)=O)c1ccccc1. The molecule has 0 radical (unpaired) electrons. The summed E-state index contributed by atoms with van der Waals surface area (Å²) in [6.07, 6.45) is 0.831. The number of hydrogen-bond acceptors (Lipinski definition) is 4. The zero-order valence-electron chi connectivity index (χ0n) is 14.6. The number of hydrogen-bond donors (Lipinski definition) is 1. The molecular weight excluding hydrogens is 294 g/mol. The molecular formula is C18H29NO2S. The van der Waals surface area contributed by atoms with Gasteiger partial charge >= 0.3 is 5.97 Å². The van der Waals surface area contributed by atoms with Gasteiger partial charge in [0.25, 0.3) is 0 Å². The third-order valence-corrected chi connectivity index (χ3v) is 5.12. The van der Waals surface area contributed by atoms with E-state index in [-0.39, 0.29) is 16.8 Å². The first-order chi connectivity index (χ1) is 10.2. The molecule has 124 valence electrons. The second-order valence-electron chi connectivity index (χ2n) is 7.08. The molecule has 1 atom stereocenters. The maximum atomic E-state index is 11.2. The van der Waals surface area contributed by atoms with Crippen molar-refractivity contribution in [3.05, 3.63) is 35.9 Å². The molecule has 0 bridgehead atoms. The van der Waals surface area contributed by atoms with Crippen LogP contribution in [0.4, 0.5) is 0 Å². The van der Waals surface area contributed by atoms with Crippen molar-refractivity contribution in [2.45, 2.75) is 52.0 Å². The van der Waals surface area contributed by atoms with E-state index in [0.717, 1.165) is 12.2 Å². The molecule has 0 spiro atoms. The Hall–Kier alpha value is -1.00. The number of esters is 1. The van der Waals surface area contributed by atoms with Crippen LogP contribution >= 0.6 is 11.8 Å². The van der Waals surface area contributed by atoms with Crippen LogP contribution in [0, 0.1) is 5.41 Å². The summed E-state index contributed by atoms with van der Waals surface area (Å²) in [5, 5.41) is 3.64. The number of benzene rings is 1. The summed E-state index contributed by atoms with van der Waals surface area (Å²) in [6, 6.07) is 10.4. The van der Waals surface area contributed by atoms with Crippen molar-refractivity contribution in [2.24, 2.45) is 5.41 Å². The van der Waals surface area contributed by atoms with Gasteiger partial charge in [0.1, 0.15) is 5.60 Å². The van der Waals surface area contributed by atoms with Crippen LogP contribution in [0.3, 0.4) is 0 Å². The third-order valence-electron chi connectivity index (χ3n) is 3.33. The highest BCUT2D eigenvalue weighted by atomic mass is 32.2. The van der Waals surface area contributed by atoms with Crippen LogP contribution in [0.15, 0.2) is 30.3 Å². The molecule has 0 aliphatic heterocycles. The lowest BCUT2D eigenvalue weighted by atomic mass is 9.83. The second-order valence-corrected chi connectivity index (χ2v) is 8.18. The molecule has 0 aliphatic carbocycles. The normalized spacial score (nSPS) is 13.7. The van der Waals surface area contributed by atoms with Gasteiger partial charge in [0.05, 0.1) is 5.37 Å². The van der Waals surface area contributed by atoms with Crippen LogP contribution in [0.2, 0.25) is 0 Å². The van der Waals surface area contributed by atoms with E-state index < -0.39 is 5.60 Å². The average Bonchev–Trinajstić information content (AvgIpc) is 2.37. The van der Waals surface area contributed by atoms with Gasteiger partial charge in [-0.05, 0) is 38.3 Å². The fourth-order valence-electron chi connectivity index (χ4n) is 2.91. The van der Waals surface area contributed by atoms with Crippen LogP contribution < -0.4 is 5.32 Å². The summed E-state index contributed by atoms with van der Waals surface area (Å²) < 4.78 is 5.43. The highest BCUT2D eigenvalue weighted by Gasteiger charge is 2.31. The van der Waals surface area contributed by atoms with E-state index in [4.69, 9.17) is 4.74 Å². The lowest BCUT2D eigenvalue weighted by molar-refractivity contribution is -0.155. The molecule has 22 heavy (non-hydrogen) atoms. The summed E-state index contributed by atoms with van der Waals surface area (Å²) >= 11 is 1.89. The second kappa shape index (κ2) is 8.02. The minimum absolute atomic E-state index is 0.0769. The van der Waals surface area contributed by atoms with Gasteiger partial charge in [-0.1, -0.05) is 44.2 Å². The van der Waals surface area contributed by atoms with Gasteiger partial charge in [0.2, 0.25) is 0 Å². The summed E-state index contributed by atoms with van der Waals surface area (Å²) in [5.41, 5.74) is 0.927. The standard InChI is InChI=1S/C18H29NO2S/c1-14(20)21-18(4,5)12-17(2,3)13-22-16(19-6)15-10-8-7-9-11-15/h7-11,16,19H,12-13H2,1-6H3. The Bertz CT molecular complexity index is 471. The van der Waals surface area contributed by atoms with E-state index in [1.807, 2.05) is 38.7 Å². The first kappa shape index (κ1) is 19.0. The Morgan fingerprint density at radius 2 is 1.82 bits per heavy atom. The maximum Gasteiger partial charge on any atom is 0.303 e. The summed E-state index contributed by atoms with van der Waals surface area (Å²) in [5.74, 6) is 0.767. The van der Waals surface area contributed by atoms with Crippen LogP contribution in [0.25, 0.3) is 0 Å². The van der Waals surface area contributed by atoms with Crippen molar-refractivity contribution >= 4 is 17.7 Å². The number of thioether (sulfide) groups is 1. The monoisotopic (exact) mass is 323 g/mol. The predicted molar refractivity (Wildman–Crippen MR) is 94.9 cm³/mol. The minimum atomic E-state index is -0.433. The molecule has 0 saturated heterocycles. The van der Waals surface area contributed by atoms with E-state index in [1.54, 1.807) is 0 Å². The van der Waals surface area contributed by atoms with Gasteiger partial charge in [-0.25, -0.2) is 0 Å². The topological polar surface area (TPSA) is 38.3 Å². The van der Waals surface area contributed by atoms with Gasteiger partial charge in [0.15, 0.2) is 0 Å². The highest BCUT2D eigenvalue weighted by molar-refractivity contribution is 7.99. The fourth-order valence-corrected chi connectivity index (χ4v) is 4.15. The summed E-state index contributed by atoms with van der Waals surface area (Å²) in [7, 11) is 1.99. The Balaban J connectivity index is 2.62. The quantitative estimate of drug-likeness (QED) is 0.568. The van der Waals surface area contributed by atoms with E-state index in [1.165, 1.54) is 12.5 Å². The van der Waals surface area contributed by atoms with Gasteiger partial charge in [-0.15, -0.1) is 11.8 Å². The van der Waals surface area contributed by atoms with Gasteiger partial charge in [-0.3, -0.25) is 4.79 Å². The van der Waals surface area contributed by atoms with Crippen LogP contribution in [-0.4, -0.2) is 24.4 Å². The number of rotatable bonds is 8.